The highest BCUT2D eigenvalue weighted by Gasteiger charge is 2.52. The summed E-state index contributed by atoms with van der Waals surface area (Å²) in [5.74, 6) is -0.175. The lowest BCUT2D eigenvalue weighted by molar-refractivity contribution is -0.0496. The molecule has 3 aromatic rings. The van der Waals surface area contributed by atoms with Gasteiger partial charge in [0.25, 0.3) is 0 Å². The van der Waals surface area contributed by atoms with Gasteiger partial charge < -0.3 is 5.32 Å². The Labute approximate surface area is 204 Å². The Morgan fingerprint density at radius 2 is 1.23 bits per heavy atom. The molecule has 35 heavy (non-hydrogen) atoms. The highest BCUT2D eigenvalue weighted by molar-refractivity contribution is 8.33. The normalized spacial score (nSPS) is 16.1. The lowest BCUT2D eigenvalue weighted by atomic mass is 9.90. The van der Waals surface area contributed by atoms with E-state index in [1.54, 1.807) is 60.7 Å². The summed E-state index contributed by atoms with van der Waals surface area (Å²) >= 11 is 0. The van der Waals surface area contributed by atoms with Gasteiger partial charge in [-0.1, -0.05) is 48.5 Å². The number of benzene rings is 3. The first kappa shape index (κ1) is 25.4. The topological polar surface area (TPSA) is 72.5 Å². The van der Waals surface area contributed by atoms with Gasteiger partial charge in [-0.15, -0.1) is 0 Å². The molecule has 0 saturated carbocycles. The summed E-state index contributed by atoms with van der Waals surface area (Å²) in [5.41, 5.74) is -5.19. The van der Waals surface area contributed by atoms with Gasteiger partial charge in [0.2, 0.25) is 0 Å². The smallest absolute Gasteiger partial charge is 0.317 e. The maximum atomic E-state index is 13.5. The molecule has 4 rings (SSSR count). The summed E-state index contributed by atoms with van der Waals surface area (Å²) in [6.45, 7) is 1.49. The molecule has 1 saturated heterocycles. The third-order valence-corrected chi connectivity index (χ3v) is 10.7. The first-order valence-corrected chi connectivity index (χ1v) is 13.9. The van der Waals surface area contributed by atoms with E-state index in [-0.39, 0.29) is 26.4 Å². The maximum absolute atomic E-state index is 13.5. The third-order valence-electron chi connectivity index (χ3n) is 5.81. The van der Waals surface area contributed by atoms with Gasteiger partial charge in [0, 0.05) is 26.2 Å². The van der Waals surface area contributed by atoms with Crippen LogP contribution in [0.3, 0.4) is 0 Å². The first-order valence-electron chi connectivity index (χ1n) is 11.0. The van der Waals surface area contributed by atoms with Crippen LogP contribution in [0.2, 0.25) is 0 Å². The van der Waals surface area contributed by atoms with Gasteiger partial charge in [-0.05, 0) is 72.6 Å². The minimum Gasteiger partial charge on any atom is -0.317 e. The van der Waals surface area contributed by atoms with Crippen molar-refractivity contribution in [1.82, 2.24) is 5.32 Å². The molecule has 3 aromatic carbocycles. The molecule has 10 heteroatoms. The second-order valence-corrected chi connectivity index (χ2v) is 12.5. The fourth-order valence-electron chi connectivity index (χ4n) is 4.05. The van der Waals surface area contributed by atoms with E-state index in [1.165, 1.54) is 24.3 Å². The summed E-state index contributed by atoms with van der Waals surface area (Å²) in [4.78, 5) is 13.7. The summed E-state index contributed by atoms with van der Waals surface area (Å²) in [6.07, 6.45) is 1.41. The molecular weight excluding hydrogens is 499 g/mol. The van der Waals surface area contributed by atoms with Crippen molar-refractivity contribution in [2.45, 2.75) is 33.0 Å². The molecule has 1 fully saturated rings. The Hall–Kier alpha value is -2.66. The molecule has 1 heterocycles. The molecule has 0 amide bonds. The van der Waals surface area contributed by atoms with E-state index >= 15 is 0 Å². The number of rotatable bonds is 7. The maximum Gasteiger partial charge on any atom is 0.524 e. The number of ketones is 1. The molecule has 0 atom stereocenters. The first-order chi connectivity index (χ1) is 16.6. The zero-order valence-electron chi connectivity index (χ0n) is 18.6. The summed E-state index contributed by atoms with van der Waals surface area (Å²) < 4.78 is 70.6. The monoisotopic (exact) mass is 523 g/mol. The standard InChI is InChI=1S/C25H24F3NO4S2/c26-25(27,28)35(31,32)33-34(21-7-3-1-4-8-21,22-9-5-2-6-10-22)23-13-11-19(12-14-23)24(30)20-15-17-29-18-16-20/h1-14,20,29H,15-18H2. The SMILES string of the molecule is O=C(c1ccc(S(OS(=O)(=O)C(F)(F)F)(c2ccccc2)c2ccccc2)cc1)C1CCNCC1. The van der Waals surface area contributed by atoms with Crippen molar-refractivity contribution in [3.05, 3.63) is 90.5 Å². The fourth-order valence-corrected chi connectivity index (χ4v) is 8.80. The molecule has 1 aliphatic heterocycles. The van der Waals surface area contributed by atoms with Gasteiger partial charge in [-0.3, -0.25) is 4.79 Å². The molecule has 0 radical (unpaired) electrons. The van der Waals surface area contributed by atoms with Crippen molar-refractivity contribution >= 4 is 26.2 Å². The molecule has 186 valence electrons. The third kappa shape index (κ3) is 5.16. The Balaban J connectivity index is 1.88. The van der Waals surface area contributed by atoms with E-state index in [9.17, 15) is 26.4 Å². The number of Topliss-reactive ketones (excluding diaryl/α,β-unsaturated/α-hetero) is 1. The molecule has 1 aliphatic rings. The van der Waals surface area contributed by atoms with Crippen LogP contribution < -0.4 is 5.32 Å². The molecule has 1 N–H and O–H groups in total. The van der Waals surface area contributed by atoms with Crippen molar-refractivity contribution in [3.63, 3.8) is 0 Å². The van der Waals surface area contributed by atoms with Crippen LogP contribution in [0.15, 0.2) is 99.6 Å². The van der Waals surface area contributed by atoms with Crippen LogP contribution in [0, 0.1) is 5.92 Å². The van der Waals surface area contributed by atoms with E-state index in [4.69, 9.17) is 3.63 Å². The minimum atomic E-state index is -5.98. The molecule has 0 unspecified atom stereocenters. The molecule has 0 aromatic heterocycles. The van der Waals surface area contributed by atoms with E-state index in [2.05, 4.69) is 5.32 Å². The van der Waals surface area contributed by atoms with Gasteiger partial charge in [0.15, 0.2) is 5.78 Å². The van der Waals surface area contributed by atoms with Gasteiger partial charge in [0.05, 0.1) is 0 Å². The van der Waals surface area contributed by atoms with Crippen LogP contribution in [-0.2, 0) is 13.7 Å². The molecule has 0 bridgehead atoms. The van der Waals surface area contributed by atoms with E-state index in [1.807, 2.05) is 0 Å². The van der Waals surface area contributed by atoms with Crippen molar-refractivity contribution in [3.8, 4) is 0 Å². The Morgan fingerprint density at radius 1 is 0.771 bits per heavy atom. The Kier molecular flexibility index (Phi) is 7.37. The van der Waals surface area contributed by atoms with E-state index < -0.39 is 25.9 Å². The van der Waals surface area contributed by atoms with Crippen LogP contribution in [0.25, 0.3) is 0 Å². The molecule has 0 aliphatic carbocycles. The highest BCUT2D eigenvalue weighted by atomic mass is 32.3. The summed E-state index contributed by atoms with van der Waals surface area (Å²) in [5, 5.41) is 3.21. The second-order valence-electron chi connectivity index (χ2n) is 8.06. The average molecular weight is 524 g/mol. The van der Waals surface area contributed by atoms with Crippen LogP contribution in [0.1, 0.15) is 23.2 Å². The highest BCUT2D eigenvalue weighted by Crippen LogP contribution is 2.70. The quantitative estimate of drug-likeness (QED) is 0.307. The Morgan fingerprint density at radius 3 is 1.69 bits per heavy atom. The zero-order valence-corrected chi connectivity index (χ0v) is 20.2. The van der Waals surface area contributed by atoms with E-state index in [0.717, 1.165) is 13.1 Å². The minimum absolute atomic E-state index is 0.0399. The van der Waals surface area contributed by atoms with Crippen molar-refractivity contribution in [2.75, 3.05) is 13.1 Å². The predicted octanol–water partition coefficient (Wildman–Crippen LogP) is 5.93. The number of hydrogen-bond donors (Lipinski definition) is 1. The number of piperidine rings is 1. The summed E-state index contributed by atoms with van der Waals surface area (Å²) in [6, 6.07) is 22.0. The largest absolute Gasteiger partial charge is 0.524 e. The molecule has 5 nitrogen and oxygen atoms in total. The van der Waals surface area contributed by atoms with Crippen molar-refractivity contribution in [2.24, 2.45) is 5.92 Å². The fraction of sp³-hybridized carbons (Fsp3) is 0.240. The van der Waals surface area contributed by atoms with Crippen LogP contribution >= 0.6 is 10.3 Å². The zero-order chi connectivity index (χ0) is 25.1. The number of carbonyl (C=O) groups excluding carboxylic acids is 1. The van der Waals surface area contributed by atoms with Gasteiger partial charge in [-0.25, -0.2) is 0 Å². The van der Waals surface area contributed by atoms with Gasteiger partial charge >= 0.3 is 15.6 Å². The van der Waals surface area contributed by atoms with Gasteiger partial charge in [0.1, 0.15) is 0 Å². The number of halogens is 3. The Bertz CT molecular complexity index is 1220. The molecular formula is C25H24F3NO4S2. The van der Waals surface area contributed by atoms with E-state index in [0.29, 0.717) is 18.4 Å². The van der Waals surface area contributed by atoms with Crippen LogP contribution in [0.5, 0.6) is 0 Å². The average Bonchev–Trinajstić information content (AvgIpc) is 2.88. The lowest BCUT2D eigenvalue weighted by Crippen LogP contribution is -2.31. The number of alkyl halides is 3. The van der Waals surface area contributed by atoms with Crippen molar-refractivity contribution < 1.29 is 30.0 Å². The lowest BCUT2D eigenvalue weighted by Gasteiger charge is -2.39. The number of nitrogens with one attached hydrogen (secondary N) is 1. The van der Waals surface area contributed by atoms with Gasteiger partial charge in [-0.2, -0.15) is 25.2 Å². The number of hydrogen-bond acceptors (Lipinski definition) is 5. The predicted molar refractivity (Wildman–Crippen MR) is 128 cm³/mol. The van der Waals surface area contributed by atoms with Crippen molar-refractivity contribution in [1.29, 1.82) is 0 Å². The number of carbonyl (C=O) groups is 1. The van der Waals surface area contributed by atoms with Crippen LogP contribution in [-0.4, -0.2) is 32.8 Å². The second kappa shape index (κ2) is 10.1. The van der Waals surface area contributed by atoms with Crippen LogP contribution in [0.4, 0.5) is 13.2 Å². The summed E-state index contributed by atoms with van der Waals surface area (Å²) in [7, 11) is -9.35. The molecule has 0 spiro atoms.